The Bertz CT molecular complexity index is 1190. The molecular weight excluding hydrogens is 476 g/mol. The van der Waals surface area contributed by atoms with Crippen molar-refractivity contribution < 1.29 is 19.2 Å². The van der Waals surface area contributed by atoms with Crippen molar-refractivity contribution in [2.75, 3.05) is 21.3 Å². The van der Waals surface area contributed by atoms with Crippen LogP contribution in [-0.2, 0) is 19.2 Å². The Morgan fingerprint density at radius 2 is 1.00 bits per heavy atom. The standard InChI is InChI=1S/C25H32N4O4Si2/c1-34(2,3)19-11-15(7-9-17(19)26)28-21(30)13-25(23(28)32)14-22(31)29(24(25)33)16-8-10-18(27)20(12-16)35(4,5)6/h7-12H,13-14,26-27H2,1-6H3. The molecule has 2 aliphatic heterocycles. The number of imide groups is 2. The van der Waals surface area contributed by atoms with Crippen molar-refractivity contribution in [3.05, 3.63) is 36.4 Å². The highest BCUT2D eigenvalue weighted by Gasteiger charge is 2.64. The predicted molar refractivity (Wildman–Crippen MR) is 144 cm³/mol. The van der Waals surface area contributed by atoms with E-state index < -0.39 is 45.2 Å². The van der Waals surface area contributed by atoms with Gasteiger partial charge in [-0.25, -0.2) is 9.80 Å². The van der Waals surface area contributed by atoms with Crippen molar-refractivity contribution >= 4 is 72.9 Å². The first kappa shape index (κ1) is 24.9. The molecule has 2 aromatic rings. The molecule has 1 spiro atoms. The van der Waals surface area contributed by atoms with Crippen LogP contribution in [0.2, 0.25) is 39.3 Å². The molecule has 4 amide bonds. The van der Waals surface area contributed by atoms with Gasteiger partial charge in [0, 0.05) is 11.4 Å². The first-order valence-corrected chi connectivity index (χ1v) is 18.6. The van der Waals surface area contributed by atoms with Crippen LogP contribution in [0, 0.1) is 5.41 Å². The number of amides is 4. The van der Waals surface area contributed by atoms with Crippen LogP contribution in [0.25, 0.3) is 0 Å². The Kier molecular flexibility index (Phi) is 5.60. The lowest BCUT2D eigenvalue weighted by atomic mass is 9.84. The molecule has 4 N–H and O–H groups in total. The number of nitrogen functional groups attached to an aromatic ring is 2. The van der Waals surface area contributed by atoms with Gasteiger partial charge in [0.2, 0.25) is 11.8 Å². The van der Waals surface area contributed by atoms with Gasteiger partial charge in [-0.1, -0.05) is 39.3 Å². The maximum Gasteiger partial charge on any atom is 0.250 e. The topological polar surface area (TPSA) is 127 Å². The molecule has 0 saturated carbocycles. The maximum absolute atomic E-state index is 13.7. The van der Waals surface area contributed by atoms with Crippen LogP contribution < -0.4 is 31.6 Å². The summed E-state index contributed by atoms with van der Waals surface area (Å²) in [6, 6.07) is 10.2. The number of carbonyl (C=O) groups excluding carboxylic acids is 4. The van der Waals surface area contributed by atoms with Crippen LogP contribution in [0.15, 0.2) is 36.4 Å². The zero-order chi connectivity index (χ0) is 26.1. The number of nitrogens with two attached hydrogens (primary N) is 2. The molecule has 2 fully saturated rings. The molecule has 0 bridgehead atoms. The second-order valence-electron chi connectivity index (χ2n) is 11.5. The quantitative estimate of drug-likeness (QED) is 0.282. The van der Waals surface area contributed by atoms with Gasteiger partial charge in [-0.2, -0.15) is 0 Å². The molecule has 2 aromatic carbocycles. The molecular formula is C25H32N4O4Si2. The number of hydrogen-bond acceptors (Lipinski definition) is 6. The fraction of sp³-hybridized carbons (Fsp3) is 0.360. The zero-order valence-corrected chi connectivity index (χ0v) is 23.1. The number of nitrogens with zero attached hydrogens (tertiary/aromatic N) is 2. The molecule has 10 heteroatoms. The summed E-state index contributed by atoms with van der Waals surface area (Å²) in [4.78, 5) is 55.7. The highest BCUT2D eigenvalue weighted by atomic mass is 28.3. The molecule has 0 aliphatic carbocycles. The third kappa shape index (κ3) is 3.90. The zero-order valence-electron chi connectivity index (χ0n) is 21.1. The third-order valence-electron chi connectivity index (χ3n) is 6.84. The van der Waals surface area contributed by atoms with E-state index in [0.29, 0.717) is 22.7 Å². The number of anilines is 4. The van der Waals surface area contributed by atoms with Crippen LogP contribution in [-0.4, -0.2) is 39.8 Å². The van der Waals surface area contributed by atoms with Crippen LogP contribution in [0.3, 0.4) is 0 Å². The maximum atomic E-state index is 13.7. The van der Waals surface area contributed by atoms with Gasteiger partial charge < -0.3 is 11.5 Å². The summed E-state index contributed by atoms with van der Waals surface area (Å²) in [7, 11) is -3.72. The van der Waals surface area contributed by atoms with Gasteiger partial charge in [-0.3, -0.25) is 19.2 Å². The van der Waals surface area contributed by atoms with Gasteiger partial charge in [0.15, 0.2) is 0 Å². The summed E-state index contributed by atoms with van der Waals surface area (Å²) in [6.45, 7) is 12.7. The molecule has 0 aromatic heterocycles. The van der Waals surface area contributed by atoms with E-state index in [1.807, 2.05) is 0 Å². The third-order valence-corrected chi connectivity index (χ3v) is 10.9. The molecule has 4 rings (SSSR count). The lowest BCUT2D eigenvalue weighted by molar-refractivity contribution is -0.136. The van der Waals surface area contributed by atoms with Gasteiger partial charge in [-0.05, 0) is 46.8 Å². The fourth-order valence-electron chi connectivity index (χ4n) is 4.97. The minimum absolute atomic E-state index is 0.338. The highest BCUT2D eigenvalue weighted by Crippen LogP contribution is 2.46. The molecule has 0 radical (unpaired) electrons. The lowest BCUT2D eigenvalue weighted by Gasteiger charge is -2.24. The van der Waals surface area contributed by atoms with Crippen LogP contribution >= 0.6 is 0 Å². The van der Waals surface area contributed by atoms with Crippen molar-refractivity contribution in [2.45, 2.75) is 52.1 Å². The molecule has 2 saturated heterocycles. The van der Waals surface area contributed by atoms with Crippen molar-refractivity contribution in [2.24, 2.45) is 5.41 Å². The van der Waals surface area contributed by atoms with Crippen LogP contribution in [0.5, 0.6) is 0 Å². The highest BCUT2D eigenvalue weighted by molar-refractivity contribution is 6.90. The van der Waals surface area contributed by atoms with E-state index in [1.165, 1.54) is 0 Å². The first-order chi connectivity index (χ1) is 16.1. The summed E-state index contributed by atoms with van der Waals surface area (Å²) in [6.07, 6.45) is -0.676. The normalized spacial score (nSPS) is 18.3. The second-order valence-corrected chi connectivity index (χ2v) is 21.6. The first-order valence-electron chi connectivity index (χ1n) is 11.6. The van der Waals surface area contributed by atoms with Crippen molar-refractivity contribution in [1.82, 2.24) is 0 Å². The SMILES string of the molecule is C[Si](C)(C)c1cc(N2C(=O)CC3(CC(=O)N(c4ccc(N)c([Si](C)(C)C)c4)C3=O)C2=O)ccc1N. The number of benzene rings is 2. The van der Waals surface area contributed by atoms with Crippen LogP contribution in [0.1, 0.15) is 12.8 Å². The lowest BCUT2D eigenvalue weighted by Crippen LogP contribution is -2.44. The predicted octanol–water partition coefficient (Wildman–Crippen LogP) is 2.15. The largest absolute Gasteiger partial charge is 0.399 e. The molecule has 8 nitrogen and oxygen atoms in total. The Morgan fingerprint density at radius 3 is 1.31 bits per heavy atom. The molecule has 2 aliphatic rings. The number of hydrogen-bond donors (Lipinski definition) is 2. The van der Waals surface area contributed by atoms with E-state index in [-0.39, 0.29) is 12.8 Å². The minimum Gasteiger partial charge on any atom is -0.399 e. The van der Waals surface area contributed by atoms with Crippen molar-refractivity contribution in [3.63, 3.8) is 0 Å². The van der Waals surface area contributed by atoms with E-state index in [2.05, 4.69) is 39.3 Å². The fourth-order valence-corrected chi connectivity index (χ4v) is 8.03. The Morgan fingerprint density at radius 1 is 0.657 bits per heavy atom. The summed E-state index contributed by atoms with van der Waals surface area (Å²) in [5.41, 5.74) is 12.6. The summed E-state index contributed by atoms with van der Waals surface area (Å²) in [5, 5.41) is 1.85. The molecule has 0 unspecified atom stereocenters. The number of rotatable bonds is 4. The smallest absolute Gasteiger partial charge is 0.250 e. The Hall–Kier alpha value is -3.25. The van der Waals surface area contributed by atoms with Crippen LogP contribution in [0.4, 0.5) is 22.7 Å². The van der Waals surface area contributed by atoms with E-state index in [1.54, 1.807) is 36.4 Å². The van der Waals surface area contributed by atoms with E-state index >= 15 is 0 Å². The summed E-state index contributed by atoms with van der Waals surface area (Å²) >= 11 is 0. The van der Waals surface area contributed by atoms with Gasteiger partial charge in [-0.15, -0.1) is 0 Å². The van der Waals surface area contributed by atoms with Crippen molar-refractivity contribution in [3.8, 4) is 0 Å². The second kappa shape index (κ2) is 7.89. The molecule has 35 heavy (non-hydrogen) atoms. The van der Waals surface area contributed by atoms with Crippen molar-refractivity contribution in [1.29, 1.82) is 0 Å². The minimum atomic E-state index is -1.86. The van der Waals surface area contributed by atoms with Gasteiger partial charge >= 0.3 is 0 Å². The molecule has 184 valence electrons. The molecule has 2 heterocycles. The van der Waals surface area contributed by atoms with E-state index in [0.717, 1.165) is 20.2 Å². The Balaban J connectivity index is 1.74. The molecule has 0 atom stereocenters. The van der Waals surface area contributed by atoms with E-state index in [9.17, 15) is 19.2 Å². The monoisotopic (exact) mass is 508 g/mol. The van der Waals surface area contributed by atoms with Gasteiger partial charge in [0.1, 0.15) is 5.41 Å². The average molecular weight is 509 g/mol. The van der Waals surface area contributed by atoms with Gasteiger partial charge in [0.05, 0.1) is 40.4 Å². The summed E-state index contributed by atoms with van der Waals surface area (Å²) in [5.74, 6) is -2.31. The Labute approximate surface area is 207 Å². The van der Waals surface area contributed by atoms with Gasteiger partial charge in [0.25, 0.3) is 11.8 Å². The van der Waals surface area contributed by atoms with E-state index in [4.69, 9.17) is 11.5 Å². The summed E-state index contributed by atoms with van der Waals surface area (Å²) < 4.78 is 0. The average Bonchev–Trinajstić information content (AvgIpc) is 3.13. The number of carbonyl (C=O) groups is 4.